The smallest absolute Gasteiger partial charge is 0.271 e. The van der Waals surface area contributed by atoms with E-state index in [-0.39, 0.29) is 11.5 Å². The third kappa shape index (κ3) is 6.56. The van der Waals surface area contributed by atoms with Gasteiger partial charge in [0.2, 0.25) is 0 Å². The molecular weight excluding hydrogens is 338 g/mol. The molecule has 0 heterocycles. The SMILES string of the molecule is CNN(C)C(=O)/C(C=O)=C\C=C\N(Cc1ccccc1)Cc1ccccc1. The Morgan fingerprint density at radius 1 is 0.963 bits per heavy atom. The molecule has 140 valence electrons. The lowest BCUT2D eigenvalue weighted by Crippen LogP contribution is -2.37. The minimum atomic E-state index is -0.380. The lowest BCUT2D eigenvalue weighted by Gasteiger charge is -2.20. The van der Waals surface area contributed by atoms with Crippen LogP contribution < -0.4 is 5.43 Å². The highest BCUT2D eigenvalue weighted by molar-refractivity contribution is 6.10. The van der Waals surface area contributed by atoms with Gasteiger partial charge in [0.25, 0.3) is 5.91 Å². The van der Waals surface area contributed by atoms with E-state index in [0.717, 1.165) is 13.1 Å². The van der Waals surface area contributed by atoms with E-state index >= 15 is 0 Å². The summed E-state index contributed by atoms with van der Waals surface area (Å²) in [6.07, 6.45) is 5.73. The monoisotopic (exact) mass is 363 g/mol. The van der Waals surface area contributed by atoms with Crippen molar-refractivity contribution < 1.29 is 9.59 Å². The number of hydrogen-bond acceptors (Lipinski definition) is 4. The first kappa shape index (κ1) is 20.1. The van der Waals surface area contributed by atoms with Crippen LogP contribution in [0.15, 0.2) is 84.6 Å². The normalized spacial score (nSPS) is 11.4. The van der Waals surface area contributed by atoms with Gasteiger partial charge in [0, 0.05) is 27.2 Å². The maximum Gasteiger partial charge on any atom is 0.271 e. The first-order chi connectivity index (χ1) is 13.1. The van der Waals surface area contributed by atoms with Crippen molar-refractivity contribution in [3.05, 3.63) is 95.7 Å². The van der Waals surface area contributed by atoms with Crippen LogP contribution >= 0.6 is 0 Å². The Hall–Kier alpha value is -3.18. The summed E-state index contributed by atoms with van der Waals surface area (Å²) in [6, 6.07) is 20.3. The van der Waals surface area contributed by atoms with Gasteiger partial charge in [-0.05, 0) is 29.5 Å². The van der Waals surface area contributed by atoms with Crippen molar-refractivity contribution in [3.8, 4) is 0 Å². The van der Waals surface area contributed by atoms with Gasteiger partial charge in [0.05, 0.1) is 5.57 Å². The standard InChI is InChI=1S/C22H25N3O2/c1-23-24(2)22(27)21(18-26)14-9-15-25(16-19-10-5-3-6-11-19)17-20-12-7-4-8-13-20/h3-15,18,23H,16-17H2,1-2H3/b15-9+,21-14-. The van der Waals surface area contributed by atoms with E-state index in [2.05, 4.69) is 34.6 Å². The van der Waals surface area contributed by atoms with Gasteiger partial charge in [0.15, 0.2) is 6.29 Å². The number of carbonyl (C=O) groups is 2. The van der Waals surface area contributed by atoms with E-state index in [4.69, 9.17) is 0 Å². The Morgan fingerprint density at radius 2 is 1.48 bits per heavy atom. The number of nitrogens with zero attached hydrogens (tertiary/aromatic N) is 2. The number of hydrogen-bond donors (Lipinski definition) is 1. The van der Waals surface area contributed by atoms with Crippen LogP contribution in [-0.2, 0) is 22.7 Å². The summed E-state index contributed by atoms with van der Waals surface area (Å²) in [5, 5.41) is 1.26. The van der Waals surface area contributed by atoms with E-state index in [1.54, 1.807) is 20.2 Å². The number of carbonyl (C=O) groups excluding carboxylic acids is 2. The molecular formula is C22H25N3O2. The molecule has 0 radical (unpaired) electrons. The van der Waals surface area contributed by atoms with Gasteiger partial charge >= 0.3 is 0 Å². The maximum atomic E-state index is 12.1. The molecule has 0 bridgehead atoms. The summed E-state index contributed by atoms with van der Waals surface area (Å²) in [7, 11) is 3.19. The number of likely N-dealkylation sites (N-methyl/N-ethyl adjacent to an activating group) is 1. The second kappa shape index (κ2) is 10.7. The highest BCUT2D eigenvalue weighted by atomic mass is 16.2. The largest absolute Gasteiger partial charge is 0.369 e. The minimum absolute atomic E-state index is 0.0856. The van der Waals surface area contributed by atoms with Crippen LogP contribution in [0, 0.1) is 0 Å². The predicted molar refractivity (Wildman–Crippen MR) is 107 cm³/mol. The van der Waals surface area contributed by atoms with Gasteiger partial charge in [0.1, 0.15) is 0 Å². The van der Waals surface area contributed by atoms with E-state index in [1.165, 1.54) is 22.2 Å². The molecule has 0 aromatic heterocycles. The number of nitrogens with one attached hydrogen (secondary N) is 1. The number of aldehydes is 1. The van der Waals surface area contributed by atoms with Crippen LogP contribution in [0.25, 0.3) is 0 Å². The second-order valence-electron chi connectivity index (χ2n) is 6.05. The Labute approximate surface area is 160 Å². The zero-order valence-electron chi connectivity index (χ0n) is 15.7. The summed E-state index contributed by atoms with van der Waals surface area (Å²) >= 11 is 0. The van der Waals surface area contributed by atoms with Gasteiger partial charge in [-0.1, -0.05) is 60.7 Å². The molecule has 0 atom stereocenters. The van der Waals surface area contributed by atoms with Crippen LogP contribution in [0.4, 0.5) is 0 Å². The van der Waals surface area contributed by atoms with Crippen molar-refractivity contribution in [1.82, 2.24) is 15.3 Å². The predicted octanol–water partition coefficient (Wildman–Crippen LogP) is 2.92. The van der Waals surface area contributed by atoms with Crippen molar-refractivity contribution in [2.75, 3.05) is 14.1 Å². The molecule has 0 aliphatic carbocycles. The van der Waals surface area contributed by atoms with Gasteiger partial charge in [-0.3, -0.25) is 14.6 Å². The third-order valence-corrected chi connectivity index (χ3v) is 4.04. The van der Waals surface area contributed by atoms with Crippen molar-refractivity contribution in [2.24, 2.45) is 0 Å². The molecule has 2 aromatic carbocycles. The van der Waals surface area contributed by atoms with Gasteiger partial charge in [-0.2, -0.15) is 0 Å². The Morgan fingerprint density at radius 3 is 1.93 bits per heavy atom. The average molecular weight is 363 g/mol. The second-order valence-corrected chi connectivity index (χ2v) is 6.05. The summed E-state index contributed by atoms with van der Waals surface area (Å²) in [5.41, 5.74) is 5.15. The molecule has 0 spiro atoms. The maximum absolute atomic E-state index is 12.1. The zero-order valence-corrected chi connectivity index (χ0v) is 15.7. The van der Waals surface area contributed by atoms with Crippen molar-refractivity contribution in [1.29, 1.82) is 0 Å². The molecule has 2 rings (SSSR count). The molecule has 0 unspecified atom stereocenters. The van der Waals surface area contributed by atoms with E-state index in [9.17, 15) is 9.59 Å². The fourth-order valence-corrected chi connectivity index (χ4v) is 2.52. The van der Waals surface area contributed by atoms with Crippen LogP contribution in [0.5, 0.6) is 0 Å². The number of allylic oxidation sites excluding steroid dienone is 2. The summed E-state index contributed by atoms with van der Waals surface area (Å²) in [4.78, 5) is 25.4. The fourth-order valence-electron chi connectivity index (χ4n) is 2.52. The van der Waals surface area contributed by atoms with E-state index < -0.39 is 0 Å². The van der Waals surface area contributed by atoms with Crippen molar-refractivity contribution in [2.45, 2.75) is 13.1 Å². The van der Waals surface area contributed by atoms with Gasteiger partial charge in [-0.25, -0.2) is 5.43 Å². The molecule has 27 heavy (non-hydrogen) atoms. The summed E-state index contributed by atoms with van der Waals surface area (Å²) < 4.78 is 0. The summed E-state index contributed by atoms with van der Waals surface area (Å²) in [5.74, 6) is -0.380. The molecule has 0 aliphatic heterocycles. The van der Waals surface area contributed by atoms with Crippen LogP contribution in [-0.4, -0.2) is 36.2 Å². The van der Waals surface area contributed by atoms with E-state index in [0.29, 0.717) is 6.29 Å². The highest BCUT2D eigenvalue weighted by Crippen LogP contribution is 2.11. The first-order valence-electron chi connectivity index (χ1n) is 8.75. The van der Waals surface area contributed by atoms with Crippen LogP contribution in [0.1, 0.15) is 11.1 Å². The van der Waals surface area contributed by atoms with E-state index in [1.807, 2.05) is 42.6 Å². The molecule has 1 N–H and O–H groups in total. The Bertz CT molecular complexity index is 744. The fraction of sp³-hybridized carbons (Fsp3) is 0.182. The molecule has 5 nitrogen and oxygen atoms in total. The Kier molecular flexibility index (Phi) is 8.00. The quantitative estimate of drug-likeness (QED) is 0.186. The van der Waals surface area contributed by atoms with Crippen LogP contribution in [0.3, 0.4) is 0 Å². The number of hydrazine groups is 1. The van der Waals surface area contributed by atoms with Crippen molar-refractivity contribution in [3.63, 3.8) is 0 Å². The molecule has 0 saturated carbocycles. The van der Waals surface area contributed by atoms with Crippen LogP contribution in [0.2, 0.25) is 0 Å². The molecule has 0 saturated heterocycles. The molecule has 0 aliphatic rings. The molecule has 1 amide bonds. The summed E-state index contributed by atoms with van der Waals surface area (Å²) in [6.45, 7) is 1.45. The third-order valence-electron chi connectivity index (χ3n) is 4.04. The van der Waals surface area contributed by atoms with Gasteiger partial charge in [-0.15, -0.1) is 0 Å². The Balaban J connectivity index is 2.16. The van der Waals surface area contributed by atoms with Crippen molar-refractivity contribution >= 4 is 12.2 Å². The lowest BCUT2D eigenvalue weighted by atomic mass is 10.1. The number of benzene rings is 2. The number of amides is 1. The lowest BCUT2D eigenvalue weighted by molar-refractivity contribution is -0.129. The zero-order chi connectivity index (χ0) is 19.5. The first-order valence-corrected chi connectivity index (χ1v) is 8.75. The number of rotatable bonds is 9. The average Bonchev–Trinajstić information content (AvgIpc) is 2.71. The molecule has 5 heteroatoms. The molecule has 2 aromatic rings. The highest BCUT2D eigenvalue weighted by Gasteiger charge is 2.11. The topological polar surface area (TPSA) is 52.7 Å². The molecule has 0 fully saturated rings. The van der Waals surface area contributed by atoms with Gasteiger partial charge < -0.3 is 4.90 Å². The minimum Gasteiger partial charge on any atom is -0.369 e.